The van der Waals surface area contributed by atoms with Crippen molar-refractivity contribution in [1.82, 2.24) is 19.5 Å². The molecule has 1 N–H and O–H groups in total. The summed E-state index contributed by atoms with van der Waals surface area (Å²) in [5.74, 6) is 2.32. The Morgan fingerprint density at radius 2 is 1.73 bits per heavy atom. The maximum absolute atomic E-state index is 6.66. The molecule has 2 aliphatic rings. The molecular weight excluding hydrogens is 575 g/mol. The predicted octanol–water partition coefficient (Wildman–Crippen LogP) is 9.41. The van der Waals surface area contributed by atoms with Gasteiger partial charge in [0.15, 0.2) is 0 Å². The smallest absolute Gasteiger partial charge is 0.237 e. The first kappa shape index (κ1) is 29.8. The minimum Gasteiger partial charge on any atom is -0.477 e. The highest BCUT2D eigenvalue weighted by Gasteiger charge is 2.31. The Bertz CT molecular complexity index is 1850. The highest BCUT2D eigenvalue weighted by Crippen LogP contribution is 2.44. The van der Waals surface area contributed by atoms with E-state index < -0.39 is 0 Å². The third-order valence-electron chi connectivity index (χ3n) is 9.23. The number of nitrogens with one attached hydrogen (secondary N) is 1. The fourth-order valence-electron chi connectivity index (χ4n) is 7.04. The van der Waals surface area contributed by atoms with E-state index in [1.165, 1.54) is 40.5 Å². The summed E-state index contributed by atoms with van der Waals surface area (Å²) in [5.41, 5.74) is 9.47. The summed E-state index contributed by atoms with van der Waals surface area (Å²) in [6, 6.07) is 21.8. The molecule has 0 saturated heterocycles. The number of nitrogens with zero attached hydrogens (tertiary/aromatic N) is 4. The number of benzene rings is 2. The van der Waals surface area contributed by atoms with Crippen LogP contribution in [0.3, 0.4) is 0 Å². The van der Waals surface area contributed by atoms with Crippen LogP contribution in [0.2, 0.25) is 0 Å². The van der Waals surface area contributed by atoms with Gasteiger partial charge in [-0.1, -0.05) is 51.1 Å². The van der Waals surface area contributed by atoms with E-state index in [1.807, 2.05) is 6.07 Å². The van der Waals surface area contributed by atoms with Crippen molar-refractivity contribution in [3.63, 3.8) is 0 Å². The first-order valence-corrected chi connectivity index (χ1v) is 17.0. The van der Waals surface area contributed by atoms with E-state index >= 15 is 0 Å². The Kier molecular flexibility index (Phi) is 7.84. The molecule has 4 bridgehead atoms. The van der Waals surface area contributed by atoms with Gasteiger partial charge in [0.2, 0.25) is 11.8 Å². The number of fused-ring (bicyclic) bond motifs is 5. The van der Waals surface area contributed by atoms with Crippen molar-refractivity contribution in [3.05, 3.63) is 94.8 Å². The lowest BCUT2D eigenvalue weighted by molar-refractivity contribution is 0.166. The molecule has 0 spiro atoms. The topological polar surface area (TPSA) is 64.9 Å². The van der Waals surface area contributed by atoms with Crippen LogP contribution in [0, 0.1) is 25.2 Å². The van der Waals surface area contributed by atoms with Gasteiger partial charge in [-0.25, -0.2) is 9.97 Å². The maximum atomic E-state index is 6.66. The van der Waals surface area contributed by atoms with Crippen LogP contribution in [0.4, 0.5) is 5.95 Å². The van der Waals surface area contributed by atoms with Crippen LogP contribution in [0.25, 0.3) is 22.3 Å². The number of pyridine rings is 1. The lowest BCUT2D eigenvalue weighted by atomic mass is 9.74. The molecule has 232 valence electrons. The molecule has 1 aliphatic heterocycles. The van der Waals surface area contributed by atoms with E-state index in [0.29, 0.717) is 24.4 Å². The van der Waals surface area contributed by atoms with E-state index in [0.717, 1.165) is 40.3 Å². The van der Waals surface area contributed by atoms with Gasteiger partial charge >= 0.3 is 0 Å². The molecule has 45 heavy (non-hydrogen) atoms. The number of anilines is 1. The molecule has 7 heteroatoms. The molecule has 2 aromatic carbocycles. The largest absolute Gasteiger partial charge is 0.477 e. The van der Waals surface area contributed by atoms with Crippen molar-refractivity contribution in [2.45, 2.75) is 77.0 Å². The van der Waals surface area contributed by atoms with Gasteiger partial charge < -0.3 is 9.30 Å². The zero-order valence-electron chi connectivity index (χ0n) is 27.2. The first-order valence-electron chi connectivity index (χ1n) is 16.2. The fourth-order valence-corrected chi connectivity index (χ4v) is 7.68. The van der Waals surface area contributed by atoms with E-state index in [4.69, 9.17) is 19.7 Å². The second-order valence-corrected chi connectivity index (χ2v) is 15.1. The molecule has 7 rings (SSSR count). The second kappa shape index (κ2) is 11.8. The van der Waals surface area contributed by atoms with E-state index in [1.54, 1.807) is 11.9 Å². The average molecular weight is 618 g/mol. The van der Waals surface area contributed by atoms with Gasteiger partial charge in [0, 0.05) is 46.8 Å². The van der Waals surface area contributed by atoms with Gasteiger partial charge in [-0.05, 0) is 115 Å². The Labute approximate surface area is 271 Å². The summed E-state index contributed by atoms with van der Waals surface area (Å²) in [7, 11) is 2.13. The number of hydrogen-bond donors (Lipinski definition) is 1. The van der Waals surface area contributed by atoms with Gasteiger partial charge in [-0.2, -0.15) is 4.98 Å². The number of ether oxygens (including phenoxy) is 1. The quantitative estimate of drug-likeness (QED) is 0.198. The van der Waals surface area contributed by atoms with E-state index in [9.17, 15) is 0 Å². The highest BCUT2D eigenvalue weighted by atomic mass is 32.2. The van der Waals surface area contributed by atoms with Gasteiger partial charge in [-0.15, -0.1) is 0 Å². The van der Waals surface area contributed by atoms with Crippen LogP contribution in [0.5, 0.6) is 5.88 Å². The molecule has 3 aromatic heterocycles. The summed E-state index contributed by atoms with van der Waals surface area (Å²) in [4.78, 5) is 16.1. The Morgan fingerprint density at radius 3 is 2.49 bits per heavy atom. The SMILES string of the molecule is Cc1cccc(C)c1-c1cc2nc(n1)NSc1cccc(c1)C(Cc1ccc3c(C4CC4)cn(C)c3n1)C(CC(C)(C)C)CO2. The molecule has 0 radical (unpaired) electrons. The van der Waals surface area contributed by atoms with Crippen LogP contribution >= 0.6 is 11.9 Å². The summed E-state index contributed by atoms with van der Waals surface area (Å²) in [6.07, 6.45) is 6.73. The van der Waals surface area contributed by atoms with Crippen LogP contribution in [-0.4, -0.2) is 26.1 Å². The number of hydrogen-bond acceptors (Lipinski definition) is 6. The number of rotatable bonds is 5. The van der Waals surface area contributed by atoms with Crippen LogP contribution in [-0.2, 0) is 13.5 Å². The molecule has 0 amide bonds. The lowest BCUT2D eigenvalue weighted by Gasteiger charge is -2.33. The van der Waals surface area contributed by atoms with Gasteiger partial charge in [-0.3, -0.25) is 4.72 Å². The lowest BCUT2D eigenvalue weighted by Crippen LogP contribution is -2.27. The standard InChI is InChI=1S/C38H43N5OS/c1-23-9-7-10-24(2)35(23)33-19-34-41-37(40-33)42-45-29-12-8-11-26(17-29)31(27(22-44-34)20-38(3,4)5)18-28-15-16-30-32(25-13-14-25)21-43(6)36(30)39-28/h7-12,15-17,19,21,25,27,31H,13-14,18,20,22H2,1-6H3,(H,40,41,42). The van der Waals surface area contributed by atoms with Crippen molar-refractivity contribution in [2.75, 3.05) is 11.3 Å². The van der Waals surface area contributed by atoms with Crippen molar-refractivity contribution in [1.29, 1.82) is 0 Å². The van der Waals surface area contributed by atoms with Gasteiger partial charge in [0.25, 0.3) is 0 Å². The zero-order valence-corrected chi connectivity index (χ0v) is 28.0. The normalized spacial score (nSPS) is 18.5. The average Bonchev–Trinajstić information content (AvgIpc) is 3.79. The summed E-state index contributed by atoms with van der Waals surface area (Å²) in [5, 5.41) is 1.31. The Balaban J connectivity index is 1.28. The van der Waals surface area contributed by atoms with Crippen molar-refractivity contribution in [3.8, 4) is 17.1 Å². The molecule has 2 atom stereocenters. The molecule has 4 heterocycles. The fraction of sp³-hybridized carbons (Fsp3) is 0.395. The van der Waals surface area contributed by atoms with Crippen LogP contribution in [0.1, 0.15) is 79.8 Å². The van der Waals surface area contributed by atoms with Crippen molar-refractivity contribution >= 4 is 28.9 Å². The monoisotopic (exact) mass is 617 g/mol. The molecule has 5 aromatic rings. The minimum absolute atomic E-state index is 0.117. The summed E-state index contributed by atoms with van der Waals surface area (Å²) < 4.78 is 12.3. The Morgan fingerprint density at radius 1 is 0.956 bits per heavy atom. The van der Waals surface area contributed by atoms with Crippen molar-refractivity contribution in [2.24, 2.45) is 18.4 Å². The molecule has 2 unspecified atom stereocenters. The van der Waals surface area contributed by atoms with Gasteiger partial charge in [0.05, 0.1) is 12.3 Å². The molecular formula is C38H43N5OS. The summed E-state index contributed by atoms with van der Waals surface area (Å²) >= 11 is 1.55. The second-order valence-electron chi connectivity index (χ2n) is 14.2. The molecule has 1 fully saturated rings. The molecule has 1 saturated carbocycles. The van der Waals surface area contributed by atoms with Gasteiger partial charge in [0.1, 0.15) is 5.65 Å². The number of aryl methyl sites for hydroxylation is 3. The number of aromatic nitrogens is 4. The van der Waals surface area contributed by atoms with E-state index in [-0.39, 0.29) is 17.3 Å². The first-order chi connectivity index (χ1) is 21.6. The van der Waals surface area contributed by atoms with Crippen LogP contribution < -0.4 is 9.46 Å². The minimum atomic E-state index is 0.117. The molecule has 1 aliphatic carbocycles. The van der Waals surface area contributed by atoms with Crippen molar-refractivity contribution < 1.29 is 4.74 Å². The van der Waals surface area contributed by atoms with E-state index in [2.05, 4.69) is 112 Å². The predicted molar refractivity (Wildman–Crippen MR) is 185 cm³/mol. The third-order valence-corrected chi connectivity index (χ3v) is 10.0. The van der Waals surface area contributed by atoms with Crippen LogP contribution in [0.15, 0.2) is 71.8 Å². The summed E-state index contributed by atoms with van der Waals surface area (Å²) in [6.45, 7) is 11.8. The third kappa shape index (κ3) is 6.46. The maximum Gasteiger partial charge on any atom is 0.237 e. The molecule has 6 nitrogen and oxygen atoms in total. The highest BCUT2D eigenvalue weighted by molar-refractivity contribution is 8.00. The zero-order chi connectivity index (χ0) is 31.3. The Hall–Kier alpha value is -3.84.